The molecule has 2 atom stereocenters. The van der Waals surface area contributed by atoms with E-state index >= 15 is 0 Å². The van der Waals surface area contributed by atoms with Crippen LogP contribution in [0.25, 0.3) is 0 Å². The number of thiophene rings is 1. The van der Waals surface area contributed by atoms with Gasteiger partial charge in [0.1, 0.15) is 6.04 Å². The van der Waals surface area contributed by atoms with E-state index in [1.54, 1.807) is 32.7 Å². The summed E-state index contributed by atoms with van der Waals surface area (Å²) in [7, 11) is 4.73. The number of benzene rings is 1. The van der Waals surface area contributed by atoms with Crippen LogP contribution in [0.2, 0.25) is 0 Å². The number of carbonyl (C=O) groups is 1. The van der Waals surface area contributed by atoms with E-state index in [9.17, 15) is 9.90 Å². The van der Waals surface area contributed by atoms with Gasteiger partial charge in [-0.05, 0) is 65.1 Å². The Bertz CT molecular complexity index is 815. The van der Waals surface area contributed by atoms with Crippen molar-refractivity contribution in [1.82, 2.24) is 4.90 Å². The SMILES string of the molecule is COc1cc(C(c2ccc(Br)s2)N2CCCCC2C(=O)O)cc(OC)c1OC. The number of hydrogen-bond donors (Lipinski definition) is 1. The Morgan fingerprint density at radius 3 is 2.36 bits per heavy atom. The van der Waals surface area contributed by atoms with E-state index in [1.807, 2.05) is 24.3 Å². The summed E-state index contributed by atoms with van der Waals surface area (Å²) in [5, 5.41) is 9.82. The van der Waals surface area contributed by atoms with Gasteiger partial charge in [-0.2, -0.15) is 0 Å². The highest BCUT2D eigenvalue weighted by Gasteiger charge is 2.36. The summed E-state index contributed by atoms with van der Waals surface area (Å²) in [6.45, 7) is 0.716. The highest BCUT2D eigenvalue weighted by Crippen LogP contribution is 2.45. The maximum absolute atomic E-state index is 12.0. The third-order valence-corrected chi connectivity index (χ3v) is 6.70. The maximum Gasteiger partial charge on any atom is 0.320 e. The maximum atomic E-state index is 12.0. The minimum absolute atomic E-state index is 0.216. The summed E-state index contributed by atoms with van der Waals surface area (Å²) in [4.78, 5) is 15.1. The van der Waals surface area contributed by atoms with E-state index in [2.05, 4.69) is 20.8 Å². The van der Waals surface area contributed by atoms with E-state index in [-0.39, 0.29) is 6.04 Å². The molecule has 2 aromatic rings. The van der Waals surface area contributed by atoms with Gasteiger partial charge in [0.2, 0.25) is 5.75 Å². The molecule has 0 amide bonds. The highest BCUT2D eigenvalue weighted by molar-refractivity contribution is 9.11. The monoisotopic (exact) mass is 469 g/mol. The standard InChI is InChI=1S/C20H24BrNO5S/c1-25-14-10-12(11-15(26-2)19(14)27-3)18(16-7-8-17(21)28-16)22-9-5-4-6-13(22)20(23)24/h7-8,10-11,13,18H,4-6,9H2,1-3H3,(H,23,24). The zero-order valence-corrected chi connectivity index (χ0v) is 18.5. The molecule has 28 heavy (non-hydrogen) atoms. The fraction of sp³-hybridized carbons (Fsp3) is 0.450. The molecule has 1 N–H and O–H groups in total. The quantitative estimate of drug-likeness (QED) is 0.640. The number of piperidine rings is 1. The lowest BCUT2D eigenvalue weighted by Gasteiger charge is -2.39. The van der Waals surface area contributed by atoms with Crippen LogP contribution in [0.1, 0.15) is 35.7 Å². The molecule has 1 aromatic carbocycles. The molecule has 2 heterocycles. The lowest BCUT2D eigenvalue weighted by molar-refractivity contribution is -0.145. The van der Waals surface area contributed by atoms with Crippen LogP contribution in [0.3, 0.4) is 0 Å². The number of hydrogen-bond acceptors (Lipinski definition) is 6. The smallest absolute Gasteiger partial charge is 0.320 e. The van der Waals surface area contributed by atoms with Gasteiger partial charge in [-0.1, -0.05) is 6.42 Å². The van der Waals surface area contributed by atoms with Crippen molar-refractivity contribution in [3.8, 4) is 17.2 Å². The number of aliphatic carboxylic acids is 1. The van der Waals surface area contributed by atoms with E-state index in [0.29, 0.717) is 30.2 Å². The molecule has 1 aromatic heterocycles. The average Bonchev–Trinajstić information content (AvgIpc) is 3.13. The topological polar surface area (TPSA) is 68.2 Å². The van der Waals surface area contributed by atoms with E-state index in [4.69, 9.17) is 14.2 Å². The van der Waals surface area contributed by atoms with Crippen molar-refractivity contribution < 1.29 is 24.1 Å². The molecule has 152 valence electrons. The van der Waals surface area contributed by atoms with Gasteiger partial charge >= 0.3 is 5.97 Å². The molecule has 1 fully saturated rings. The third kappa shape index (κ3) is 4.14. The van der Waals surface area contributed by atoms with Gasteiger partial charge in [0.05, 0.1) is 31.2 Å². The van der Waals surface area contributed by atoms with E-state index < -0.39 is 12.0 Å². The average molecular weight is 470 g/mol. The molecule has 6 nitrogen and oxygen atoms in total. The van der Waals surface area contributed by atoms with Crippen molar-refractivity contribution in [1.29, 1.82) is 0 Å². The number of methoxy groups -OCH3 is 3. The summed E-state index contributed by atoms with van der Waals surface area (Å²) in [6, 6.07) is 7.10. The van der Waals surface area contributed by atoms with Crippen LogP contribution in [0, 0.1) is 0 Å². The lowest BCUT2D eigenvalue weighted by Crippen LogP contribution is -2.46. The molecule has 0 radical (unpaired) electrons. The zero-order valence-electron chi connectivity index (χ0n) is 16.1. The molecule has 0 bridgehead atoms. The molecule has 0 aliphatic carbocycles. The number of nitrogens with zero attached hydrogens (tertiary/aromatic N) is 1. The van der Waals surface area contributed by atoms with Gasteiger partial charge in [0, 0.05) is 4.88 Å². The fourth-order valence-electron chi connectivity index (χ4n) is 3.78. The van der Waals surface area contributed by atoms with Gasteiger partial charge < -0.3 is 19.3 Å². The van der Waals surface area contributed by atoms with Gasteiger partial charge in [0.15, 0.2) is 11.5 Å². The summed E-state index contributed by atoms with van der Waals surface area (Å²) in [6.07, 6.45) is 2.53. The number of halogens is 1. The normalized spacial score (nSPS) is 18.5. The van der Waals surface area contributed by atoms with Crippen LogP contribution in [-0.2, 0) is 4.79 Å². The predicted octanol–water partition coefficient (Wildman–Crippen LogP) is 4.56. The van der Waals surface area contributed by atoms with Gasteiger partial charge in [0.25, 0.3) is 0 Å². The Labute approximate surface area is 177 Å². The van der Waals surface area contributed by atoms with Gasteiger partial charge in [-0.3, -0.25) is 9.69 Å². The van der Waals surface area contributed by atoms with Crippen LogP contribution < -0.4 is 14.2 Å². The second-order valence-corrected chi connectivity index (χ2v) is 9.09. The number of carboxylic acid groups (broad SMARTS) is 1. The minimum atomic E-state index is -0.784. The third-order valence-electron chi connectivity index (χ3n) is 5.03. The largest absolute Gasteiger partial charge is 0.493 e. The van der Waals surface area contributed by atoms with Crippen molar-refractivity contribution in [2.45, 2.75) is 31.3 Å². The predicted molar refractivity (Wildman–Crippen MR) is 112 cm³/mol. The van der Waals surface area contributed by atoms with Crippen molar-refractivity contribution >= 4 is 33.2 Å². The van der Waals surface area contributed by atoms with Crippen molar-refractivity contribution in [3.05, 3.63) is 38.5 Å². The molecule has 8 heteroatoms. The molecule has 1 aliphatic heterocycles. The van der Waals surface area contributed by atoms with Crippen LogP contribution in [0.4, 0.5) is 0 Å². The summed E-state index contributed by atoms with van der Waals surface area (Å²) in [5.74, 6) is 0.851. The van der Waals surface area contributed by atoms with E-state index in [1.165, 1.54) is 0 Å². The first-order valence-corrected chi connectivity index (χ1v) is 10.6. The molecular weight excluding hydrogens is 446 g/mol. The summed E-state index contributed by atoms with van der Waals surface area (Å²) < 4.78 is 17.5. The number of carboxylic acids is 1. The first kappa shape index (κ1) is 21.0. The Morgan fingerprint density at radius 1 is 1.18 bits per heavy atom. The Balaban J connectivity index is 2.16. The fourth-order valence-corrected chi connectivity index (χ4v) is 5.36. The van der Waals surface area contributed by atoms with Crippen LogP contribution >= 0.6 is 27.3 Å². The van der Waals surface area contributed by atoms with Crippen LogP contribution in [0.15, 0.2) is 28.1 Å². The number of likely N-dealkylation sites (tertiary alicyclic amines) is 1. The number of rotatable bonds is 7. The molecule has 1 saturated heterocycles. The number of ether oxygens (including phenoxy) is 3. The van der Waals surface area contributed by atoms with Crippen LogP contribution in [0.5, 0.6) is 17.2 Å². The molecule has 3 rings (SSSR count). The van der Waals surface area contributed by atoms with Gasteiger partial charge in [-0.15, -0.1) is 11.3 Å². The zero-order chi connectivity index (χ0) is 20.3. The second kappa shape index (κ2) is 9.15. The Morgan fingerprint density at radius 2 is 1.86 bits per heavy atom. The minimum Gasteiger partial charge on any atom is -0.493 e. The summed E-state index contributed by atoms with van der Waals surface area (Å²) >= 11 is 5.14. The van der Waals surface area contributed by atoms with E-state index in [0.717, 1.165) is 27.1 Å². The Kier molecular flexibility index (Phi) is 6.85. The molecule has 0 saturated carbocycles. The van der Waals surface area contributed by atoms with Crippen molar-refractivity contribution in [2.75, 3.05) is 27.9 Å². The first-order valence-electron chi connectivity index (χ1n) is 9.03. The highest BCUT2D eigenvalue weighted by atomic mass is 79.9. The van der Waals surface area contributed by atoms with Crippen LogP contribution in [-0.4, -0.2) is 49.9 Å². The second-order valence-electron chi connectivity index (χ2n) is 6.59. The molecule has 1 aliphatic rings. The molecular formula is C20H24BrNO5S. The van der Waals surface area contributed by atoms with Gasteiger partial charge in [-0.25, -0.2) is 0 Å². The van der Waals surface area contributed by atoms with Crippen molar-refractivity contribution in [3.63, 3.8) is 0 Å². The van der Waals surface area contributed by atoms with Crippen molar-refractivity contribution in [2.24, 2.45) is 0 Å². The first-order chi connectivity index (χ1) is 13.5. The molecule has 2 unspecified atom stereocenters. The lowest BCUT2D eigenvalue weighted by atomic mass is 9.95. The molecule has 0 spiro atoms. The Hall–Kier alpha value is -1.77. The summed E-state index contributed by atoms with van der Waals surface area (Å²) in [5.41, 5.74) is 0.914.